The van der Waals surface area contributed by atoms with E-state index in [1.807, 2.05) is 0 Å². The van der Waals surface area contributed by atoms with Gasteiger partial charge in [0.25, 0.3) is 0 Å². The Bertz CT molecular complexity index is 77.6. The smallest absolute Gasteiger partial charge is 0.0133 e. The molecular weight excluding hydrogens is 112 g/mol. The van der Waals surface area contributed by atoms with Crippen LogP contribution in [0.3, 0.4) is 0 Å². The van der Waals surface area contributed by atoms with E-state index in [4.69, 9.17) is 0 Å². The third-order valence-corrected chi connectivity index (χ3v) is 2.50. The number of nitrogens with one attached hydrogen (secondary N) is 1. The van der Waals surface area contributed by atoms with Crippen LogP contribution in [0.1, 0.15) is 19.3 Å². The molecule has 52 valence electrons. The minimum absolute atomic E-state index is 1.04. The van der Waals surface area contributed by atoms with Crippen molar-refractivity contribution in [2.75, 3.05) is 19.6 Å². The van der Waals surface area contributed by atoms with Gasteiger partial charge in [0, 0.05) is 19.6 Å². The van der Waals surface area contributed by atoms with Gasteiger partial charge in [0.05, 0.1) is 0 Å². The van der Waals surface area contributed by atoms with Crippen LogP contribution < -0.4 is 5.43 Å². The van der Waals surface area contributed by atoms with Crippen LogP contribution in [0.5, 0.6) is 0 Å². The number of rotatable bonds is 0. The summed E-state index contributed by atoms with van der Waals surface area (Å²) in [5.74, 6) is 1.04. The largest absolute Gasteiger partial charge is 0.255 e. The lowest BCUT2D eigenvalue weighted by molar-refractivity contribution is 0.166. The Hall–Kier alpha value is -0.0800. The van der Waals surface area contributed by atoms with Crippen LogP contribution in [0.4, 0.5) is 0 Å². The summed E-state index contributed by atoms with van der Waals surface area (Å²) in [7, 11) is 0. The summed E-state index contributed by atoms with van der Waals surface area (Å²) in [5, 5.41) is 2.36. The highest BCUT2D eigenvalue weighted by Crippen LogP contribution is 2.21. The number of piperidine rings is 1. The maximum Gasteiger partial charge on any atom is 0.0133 e. The van der Waals surface area contributed by atoms with E-state index < -0.39 is 0 Å². The van der Waals surface area contributed by atoms with Gasteiger partial charge in [0.1, 0.15) is 0 Å². The van der Waals surface area contributed by atoms with E-state index in [2.05, 4.69) is 10.4 Å². The molecule has 3 fully saturated rings. The number of hydrogen-bond donors (Lipinski definition) is 1. The van der Waals surface area contributed by atoms with Crippen molar-refractivity contribution in [2.45, 2.75) is 19.3 Å². The Kier molecular flexibility index (Phi) is 1.44. The number of hydrazine groups is 1. The van der Waals surface area contributed by atoms with Crippen LogP contribution in [0.25, 0.3) is 0 Å². The molecule has 3 aliphatic rings. The lowest BCUT2D eigenvalue weighted by atomic mass is 9.96. The van der Waals surface area contributed by atoms with E-state index >= 15 is 0 Å². The zero-order chi connectivity index (χ0) is 6.10. The second-order valence-corrected chi connectivity index (χ2v) is 3.13. The summed E-state index contributed by atoms with van der Waals surface area (Å²) < 4.78 is 0. The maximum absolute atomic E-state index is 3.41. The topological polar surface area (TPSA) is 15.3 Å². The van der Waals surface area contributed by atoms with Crippen molar-refractivity contribution in [3.8, 4) is 0 Å². The average Bonchev–Trinajstić information content (AvgIpc) is 2.21. The molecular formula is C7H14N2. The first-order chi connectivity index (χ1) is 4.45. The first-order valence-electron chi connectivity index (χ1n) is 3.93. The fourth-order valence-corrected chi connectivity index (χ4v) is 1.81. The van der Waals surface area contributed by atoms with E-state index in [0.29, 0.717) is 0 Å². The number of nitrogens with zero attached hydrogens (tertiary/aromatic N) is 1. The summed E-state index contributed by atoms with van der Waals surface area (Å²) in [5.41, 5.74) is 3.41. The van der Waals surface area contributed by atoms with Crippen molar-refractivity contribution in [3.63, 3.8) is 0 Å². The molecule has 2 heteroatoms. The normalized spacial score (nSPS) is 42.7. The molecule has 0 atom stereocenters. The van der Waals surface area contributed by atoms with Crippen molar-refractivity contribution >= 4 is 0 Å². The van der Waals surface area contributed by atoms with Gasteiger partial charge in [0.2, 0.25) is 0 Å². The van der Waals surface area contributed by atoms with Crippen LogP contribution >= 0.6 is 0 Å². The summed E-state index contributed by atoms with van der Waals surface area (Å²) in [6, 6.07) is 0. The Morgan fingerprint density at radius 3 is 2.67 bits per heavy atom. The van der Waals surface area contributed by atoms with E-state index in [1.165, 1.54) is 38.9 Å². The van der Waals surface area contributed by atoms with E-state index in [9.17, 15) is 0 Å². The molecule has 3 aliphatic heterocycles. The predicted octanol–water partition coefficient (Wildman–Crippen LogP) is 0.607. The lowest BCUT2D eigenvalue weighted by Gasteiger charge is -2.25. The summed E-state index contributed by atoms with van der Waals surface area (Å²) in [6.45, 7) is 3.78. The van der Waals surface area contributed by atoms with Crippen LogP contribution in [-0.4, -0.2) is 24.6 Å². The third-order valence-electron chi connectivity index (χ3n) is 2.50. The van der Waals surface area contributed by atoms with E-state index in [0.717, 1.165) is 5.92 Å². The van der Waals surface area contributed by atoms with Gasteiger partial charge in [-0.2, -0.15) is 0 Å². The highest BCUT2D eigenvalue weighted by atomic mass is 15.5. The second-order valence-electron chi connectivity index (χ2n) is 3.13. The molecule has 2 bridgehead atoms. The number of fused-ring (bicyclic) bond motifs is 4. The van der Waals surface area contributed by atoms with Crippen LogP contribution in [0, 0.1) is 5.92 Å². The van der Waals surface area contributed by atoms with E-state index in [-0.39, 0.29) is 0 Å². The van der Waals surface area contributed by atoms with Gasteiger partial charge in [-0.3, -0.25) is 5.43 Å². The molecule has 0 aliphatic carbocycles. The summed E-state index contributed by atoms with van der Waals surface area (Å²) >= 11 is 0. The average molecular weight is 126 g/mol. The molecule has 0 saturated carbocycles. The standard InChI is InChI=1S/C7H14N2/c1-4-8-9-5-2-7(1)3-6-9/h7-8H,1-6H2. The second kappa shape index (κ2) is 2.27. The van der Waals surface area contributed by atoms with Gasteiger partial charge in [-0.25, -0.2) is 5.01 Å². The molecule has 0 unspecified atom stereocenters. The molecule has 3 rings (SSSR count). The Morgan fingerprint density at radius 2 is 1.89 bits per heavy atom. The molecule has 0 aromatic carbocycles. The summed E-state index contributed by atoms with van der Waals surface area (Å²) in [4.78, 5) is 0. The zero-order valence-corrected chi connectivity index (χ0v) is 5.77. The van der Waals surface area contributed by atoms with Gasteiger partial charge >= 0.3 is 0 Å². The first kappa shape index (κ1) is 5.69. The van der Waals surface area contributed by atoms with Gasteiger partial charge in [-0.15, -0.1) is 0 Å². The van der Waals surface area contributed by atoms with Crippen molar-refractivity contribution in [2.24, 2.45) is 5.92 Å². The van der Waals surface area contributed by atoms with Gasteiger partial charge in [-0.1, -0.05) is 0 Å². The molecule has 0 aromatic heterocycles. The maximum atomic E-state index is 3.41. The molecule has 0 aromatic rings. The Morgan fingerprint density at radius 1 is 1.11 bits per heavy atom. The molecule has 2 nitrogen and oxygen atoms in total. The SMILES string of the molecule is C1CC2CCN(CC2)N1. The molecule has 0 radical (unpaired) electrons. The molecule has 3 saturated heterocycles. The highest BCUT2D eigenvalue weighted by molar-refractivity contribution is 4.74. The molecule has 1 N–H and O–H groups in total. The van der Waals surface area contributed by atoms with Crippen LogP contribution in [0.2, 0.25) is 0 Å². The third kappa shape index (κ3) is 1.10. The monoisotopic (exact) mass is 126 g/mol. The van der Waals surface area contributed by atoms with Gasteiger partial charge < -0.3 is 0 Å². The predicted molar refractivity (Wildman–Crippen MR) is 36.9 cm³/mol. The van der Waals surface area contributed by atoms with Crippen molar-refractivity contribution in [1.29, 1.82) is 0 Å². The Balaban J connectivity index is 2.03. The van der Waals surface area contributed by atoms with Crippen molar-refractivity contribution in [3.05, 3.63) is 0 Å². The minimum atomic E-state index is 1.04. The summed E-state index contributed by atoms with van der Waals surface area (Å²) in [6.07, 6.45) is 4.25. The van der Waals surface area contributed by atoms with Crippen LogP contribution in [-0.2, 0) is 0 Å². The highest BCUT2D eigenvalue weighted by Gasteiger charge is 2.21. The number of hydrogen-bond acceptors (Lipinski definition) is 2. The van der Waals surface area contributed by atoms with E-state index in [1.54, 1.807) is 0 Å². The van der Waals surface area contributed by atoms with Crippen molar-refractivity contribution in [1.82, 2.24) is 10.4 Å². The fourth-order valence-electron chi connectivity index (χ4n) is 1.81. The lowest BCUT2D eigenvalue weighted by Crippen LogP contribution is -2.39. The zero-order valence-electron chi connectivity index (χ0n) is 5.77. The first-order valence-corrected chi connectivity index (χ1v) is 3.93. The molecule has 3 heterocycles. The quantitative estimate of drug-likeness (QED) is 0.511. The minimum Gasteiger partial charge on any atom is -0.255 e. The van der Waals surface area contributed by atoms with Crippen LogP contribution in [0.15, 0.2) is 0 Å². The fraction of sp³-hybridized carbons (Fsp3) is 1.00. The Labute approximate surface area is 56.2 Å². The van der Waals surface area contributed by atoms with Crippen molar-refractivity contribution < 1.29 is 0 Å². The molecule has 9 heavy (non-hydrogen) atoms. The van der Waals surface area contributed by atoms with Gasteiger partial charge in [-0.05, 0) is 25.2 Å². The van der Waals surface area contributed by atoms with Gasteiger partial charge in [0.15, 0.2) is 0 Å². The molecule has 0 amide bonds. The molecule has 0 spiro atoms.